The third-order valence-electron chi connectivity index (χ3n) is 3.97. The van der Waals surface area contributed by atoms with Crippen LogP contribution in [-0.2, 0) is 4.74 Å². The van der Waals surface area contributed by atoms with Gasteiger partial charge in [0.2, 0.25) is 0 Å². The Labute approximate surface area is 120 Å². The lowest BCUT2D eigenvalue weighted by Crippen LogP contribution is -2.22. The van der Waals surface area contributed by atoms with Crippen molar-refractivity contribution in [1.82, 2.24) is 14.8 Å². The summed E-state index contributed by atoms with van der Waals surface area (Å²) in [4.78, 5) is 1.16. The molecule has 2 fully saturated rings. The van der Waals surface area contributed by atoms with E-state index in [0.717, 1.165) is 29.6 Å². The molecule has 1 saturated carbocycles. The van der Waals surface area contributed by atoms with E-state index in [1.807, 2.05) is 6.07 Å². The van der Waals surface area contributed by atoms with Crippen LogP contribution in [0, 0.1) is 10.7 Å². The molecule has 4 nitrogen and oxygen atoms in total. The molecule has 1 aliphatic carbocycles. The first kappa shape index (κ1) is 11.8. The number of nitrogens with zero attached hydrogens (tertiary/aromatic N) is 2. The van der Waals surface area contributed by atoms with Gasteiger partial charge in [-0.1, -0.05) is 6.07 Å². The van der Waals surface area contributed by atoms with Crippen molar-refractivity contribution in [2.24, 2.45) is 5.92 Å². The van der Waals surface area contributed by atoms with Crippen LogP contribution < -0.4 is 0 Å². The molecule has 2 aliphatic rings. The zero-order chi connectivity index (χ0) is 12.8. The Kier molecular flexibility index (Phi) is 2.82. The molecule has 0 bridgehead atoms. The molecule has 100 valence electrons. The van der Waals surface area contributed by atoms with Crippen molar-refractivity contribution in [3.63, 3.8) is 0 Å². The largest absolute Gasteiger partial charge is 0.376 e. The molecule has 0 aromatic carbocycles. The second-order valence-electron chi connectivity index (χ2n) is 5.23. The van der Waals surface area contributed by atoms with Gasteiger partial charge < -0.3 is 4.74 Å². The lowest BCUT2D eigenvalue weighted by Gasteiger charge is -2.20. The van der Waals surface area contributed by atoms with Crippen LogP contribution in [0.1, 0.15) is 25.3 Å². The van der Waals surface area contributed by atoms with Gasteiger partial charge in [-0.15, -0.1) is 11.3 Å². The van der Waals surface area contributed by atoms with Crippen LogP contribution in [0.5, 0.6) is 0 Å². The zero-order valence-corrected chi connectivity index (χ0v) is 12.0. The molecule has 2 atom stereocenters. The van der Waals surface area contributed by atoms with E-state index in [1.165, 1.54) is 12.8 Å². The highest BCUT2D eigenvalue weighted by Gasteiger charge is 2.42. The summed E-state index contributed by atoms with van der Waals surface area (Å²) in [5.41, 5.74) is 0. The normalized spacial score (nSPS) is 26.9. The maximum atomic E-state index is 5.94. The third-order valence-corrected chi connectivity index (χ3v) is 5.12. The first-order chi connectivity index (χ1) is 9.34. The van der Waals surface area contributed by atoms with Crippen molar-refractivity contribution in [3.05, 3.63) is 22.3 Å². The first-order valence-corrected chi connectivity index (χ1v) is 7.96. The van der Waals surface area contributed by atoms with E-state index in [1.54, 1.807) is 11.3 Å². The first-order valence-electron chi connectivity index (χ1n) is 6.67. The third kappa shape index (κ3) is 1.98. The standard InChI is InChI=1S/C13H15N3OS2/c18-13-15-14-12(10-2-1-7-19-10)16(13)9-5-6-17-11(9)8-3-4-8/h1-2,7-9,11H,3-6H2,(H,15,18). The number of hydrogen-bond donors (Lipinski definition) is 1. The summed E-state index contributed by atoms with van der Waals surface area (Å²) in [5, 5.41) is 9.44. The summed E-state index contributed by atoms with van der Waals surface area (Å²) in [6.45, 7) is 0.836. The molecular formula is C13H15N3OS2. The number of aromatic amines is 1. The van der Waals surface area contributed by atoms with Crippen molar-refractivity contribution in [2.75, 3.05) is 6.61 Å². The summed E-state index contributed by atoms with van der Waals surface area (Å²) < 4.78 is 8.83. The maximum absolute atomic E-state index is 5.94. The van der Waals surface area contributed by atoms with Crippen LogP contribution in [0.3, 0.4) is 0 Å². The fourth-order valence-electron chi connectivity index (χ4n) is 2.94. The maximum Gasteiger partial charge on any atom is 0.195 e. The van der Waals surface area contributed by atoms with Crippen LogP contribution in [0.15, 0.2) is 17.5 Å². The van der Waals surface area contributed by atoms with Gasteiger partial charge in [0.05, 0.1) is 17.0 Å². The molecule has 1 N–H and O–H groups in total. The molecule has 1 saturated heterocycles. The van der Waals surface area contributed by atoms with Crippen LogP contribution >= 0.6 is 23.6 Å². The zero-order valence-electron chi connectivity index (χ0n) is 10.4. The lowest BCUT2D eigenvalue weighted by molar-refractivity contribution is 0.0751. The van der Waals surface area contributed by atoms with Crippen molar-refractivity contribution in [3.8, 4) is 10.7 Å². The van der Waals surface area contributed by atoms with Gasteiger partial charge in [-0.3, -0.25) is 9.67 Å². The minimum Gasteiger partial charge on any atom is -0.376 e. The molecule has 2 aromatic rings. The number of rotatable bonds is 3. The lowest BCUT2D eigenvalue weighted by atomic mass is 10.1. The molecule has 0 spiro atoms. The summed E-state index contributed by atoms with van der Waals surface area (Å²) in [6.07, 6.45) is 3.94. The van der Waals surface area contributed by atoms with E-state index in [2.05, 4.69) is 26.2 Å². The van der Waals surface area contributed by atoms with Gasteiger partial charge in [0.1, 0.15) is 0 Å². The van der Waals surface area contributed by atoms with Gasteiger partial charge in [-0.05, 0) is 48.8 Å². The van der Waals surface area contributed by atoms with E-state index < -0.39 is 0 Å². The topological polar surface area (TPSA) is 42.8 Å². The summed E-state index contributed by atoms with van der Waals surface area (Å²) >= 11 is 7.13. The van der Waals surface area contributed by atoms with Crippen LogP contribution in [0.4, 0.5) is 0 Å². The number of ether oxygens (including phenoxy) is 1. The Morgan fingerprint density at radius 1 is 1.42 bits per heavy atom. The van der Waals surface area contributed by atoms with E-state index in [-0.39, 0.29) is 0 Å². The predicted molar refractivity (Wildman–Crippen MR) is 76.8 cm³/mol. The van der Waals surface area contributed by atoms with Gasteiger partial charge in [0.25, 0.3) is 0 Å². The van der Waals surface area contributed by atoms with Crippen molar-refractivity contribution in [1.29, 1.82) is 0 Å². The van der Waals surface area contributed by atoms with Gasteiger partial charge in [0, 0.05) is 6.61 Å². The fraction of sp³-hybridized carbons (Fsp3) is 0.538. The fourth-order valence-corrected chi connectivity index (χ4v) is 3.92. The monoisotopic (exact) mass is 293 g/mol. The van der Waals surface area contributed by atoms with E-state index >= 15 is 0 Å². The average Bonchev–Trinajstić information content (AvgIpc) is 2.85. The molecule has 4 rings (SSSR count). The van der Waals surface area contributed by atoms with Crippen molar-refractivity contribution >= 4 is 23.6 Å². The van der Waals surface area contributed by atoms with Crippen LogP contribution in [-0.4, -0.2) is 27.5 Å². The Bertz CT molecular complexity index is 627. The van der Waals surface area contributed by atoms with Crippen LogP contribution in [0.2, 0.25) is 0 Å². The highest BCUT2D eigenvalue weighted by atomic mass is 32.1. The number of hydrogen-bond acceptors (Lipinski definition) is 4. The Morgan fingerprint density at radius 3 is 3.05 bits per heavy atom. The quantitative estimate of drug-likeness (QED) is 0.882. The highest BCUT2D eigenvalue weighted by Crippen LogP contribution is 2.44. The molecule has 3 heterocycles. The molecule has 6 heteroatoms. The summed E-state index contributed by atoms with van der Waals surface area (Å²) in [5.74, 6) is 1.68. The molecule has 1 aliphatic heterocycles. The van der Waals surface area contributed by atoms with Crippen molar-refractivity contribution in [2.45, 2.75) is 31.4 Å². The van der Waals surface area contributed by atoms with Gasteiger partial charge in [0.15, 0.2) is 10.6 Å². The predicted octanol–water partition coefficient (Wildman–Crippen LogP) is 3.41. The van der Waals surface area contributed by atoms with E-state index in [4.69, 9.17) is 17.0 Å². The highest BCUT2D eigenvalue weighted by molar-refractivity contribution is 7.71. The molecular weight excluding hydrogens is 278 g/mol. The average molecular weight is 293 g/mol. The van der Waals surface area contributed by atoms with Crippen LogP contribution in [0.25, 0.3) is 10.7 Å². The Balaban J connectivity index is 1.78. The van der Waals surface area contributed by atoms with Gasteiger partial charge in [-0.25, -0.2) is 0 Å². The molecule has 0 amide bonds. The van der Waals surface area contributed by atoms with E-state index in [0.29, 0.717) is 16.9 Å². The second-order valence-corrected chi connectivity index (χ2v) is 6.56. The number of nitrogens with one attached hydrogen (secondary N) is 1. The van der Waals surface area contributed by atoms with E-state index in [9.17, 15) is 0 Å². The SMILES string of the molecule is S=c1[nH]nc(-c2cccs2)n1C1CCOC1C1CC1. The molecule has 0 radical (unpaired) electrons. The second kappa shape index (κ2) is 4.54. The Morgan fingerprint density at radius 2 is 2.32 bits per heavy atom. The number of thiophene rings is 1. The Hall–Kier alpha value is -0.980. The minimum atomic E-state index is 0.322. The minimum absolute atomic E-state index is 0.322. The number of H-pyrrole nitrogens is 1. The summed E-state index contributed by atoms with van der Waals surface area (Å²) in [6, 6.07) is 4.48. The summed E-state index contributed by atoms with van der Waals surface area (Å²) in [7, 11) is 0. The number of aromatic nitrogens is 3. The van der Waals surface area contributed by atoms with Crippen molar-refractivity contribution < 1.29 is 4.74 Å². The van der Waals surface area contributed by atoms with Gasteiger partial charge >= 0.3 is 0 Å². The van der Waals surface area contributed by atoms with Gasteiger partial charge in [-0.2, -0.15) is 5.10 Å². The smallest absolute Gasteiger partial charge is 0.195 e. The molecule has 19 heavy (non-hydrogen) atoms. The molecule has 2 unspecified atom stereocenters. The molecule has 2 aromatic heterocycles.